The first-order chi connectivity index (χ1) is 13.3. The molecule has 0 amide bonds. The predicted molar refractivity (Wildman–Crippen MR) is 110 cm³/mol. The van der Waals surface area contributed by atoms with Crippen molar-refractivity contribution in [3.63, 3.8) is 0 Å². The molecular formula is C20H16N4OS2. The fraction of sp³-hybridized carbons (Fsp3) is 0.150. The van der Waals surface area contributed by atoms with Crippen LogP contribution in [0.5, 0.6) is 0 Å². The highest BCUT2D eigenvalue weighted by Gasteiger charge is 2.34. The second-order valence-corrected chi connectivity index (χ2v) is 8.64. The van der Waals surface area contributed by atoms with Crippen LogP contribution in [0, 0.1) is 0 Å². The average Bonchev–Trinajstić information content (AvgIpc) is 3.20. The van der Waals surface area contributed by atoms with E-state index in [-0.39, 0.29) is 11.6 Å². The zero-order chi connectivity index (χ0) is 18.2. The lowest BCUT2D eigenvalue weighted by atomic mass is 10.0. The van der Waals surface area contributed by atoms with Crippen molar-refractivity contribution in [3.8, 4) is 0 Å². The third-order valence-corrected chi connectivity index (χ3v) is 7.23. The van der Waals surface area contributed by atoms with E-state index in [9.17, 15) is 4.79 Å². The monoisotopic (exact) mass is 392 g/mol. The van der Waals surface area contributed by atoms with Crippen LogP contribution in [0.15, 0.2) is 81.7 Å². The first-order valence-electron chi connectivity index (χ1n) is 8.66. The van der Waals surface area contributed by atoms with E-state index < -0.39 is 0 Å². The van der Waals surface area contributed by atoms with Gasteiger partial charge in [-0.05, 0) is 17.7 Å². The number of benzene rings is 2. The lowest BCUT2D eigenvalue weighted by Gasteiger charge is -2.34. The number of fused-ring (bicyclic) bond motifs is 3. The van der Waals surface area contributed by atoms with Gasteiger partial charge in [0.2, 0.25) is 0 Å². The van der Waals surface area contributed by atoms with Crippen molar-refractivity contribution >= 4 is 34.6 Å². The molecular weight excluding hydrogens is 376 g/mol. The molecule has 27 heavy (non-hydrogen) atoms. The van der Waals surface area contributed by atoms with Crippen LogP contribution < -0.4 is 5.56 Å². The molecule has 2 aromatic carbocycles. The third-order valence-electron chi connectivity index (χ3n) is 4.67. The smallest absolute Gasteiger partial charge is 0.284 e. The Hall–Kier alpha value is -2.51. The average molecular weight is 393 g/mol. The number of aromatic amines is 1. The van der Waals surface area contributed by atoms with Crippen molar-refractivity contribution in [2.24, 2.45) is 0 Å². The maximum Gasteiger partial charge on any atom is 0.284 e. The minimum absolute atomic E-state index is 0.0590. The lowest BCUT2D eigenvalue weighted by molar-refractivity contribution is 0.519. The van der Waals surface area contributed by atoms with Gasteiger partial charge < -0.3 is 0 Å². The molecule has 0 saturated carbocycles. The molecule has 5 nitrogen and oxygen atoms in total. The van der Waals surface area contributed by atoms with Gasteiger partial charge in [-0.25, -0.2) is 0 Å². The molecule has 2 atom stereocenters. The molecule has 134 valence electrons. The van der Waals surface area contributed by atoms with Crippen molar-refractivity contribution in [2.75, 3.05) is 5.75 Å². The largest absolute Gasteiger partial charge is 0.296 e. The van der Waals surface area contributed by atoms with Crippen LogP contribution in [0.1, 0.15) is 11.6 Å². The molecule has 2 unspecified atom stereocenters. The van der Waals surface area contributed by atoms with Crippen molar-refractivity contribution in [2.45, 2.75) is 21.3 Å². The standard InChI is InChI=1S/C20H16N4OS2/c25-19-15-11-21-23-18(15)24-17(13-7-3-1-4-8-13)16(12-26-20(24)22-19)27-14-9-5-2-6-10-14/h1-11,16-17H,12H2,(H,21,23). The Morgan fingerprint density at radius 3 is 2.59 bits per heavy atom. The number of hydrogen-bond donors (Lipinski definition) is 1. The maximum absolute atomic E-state index is 12.3. The Kier molecular flexibility index (Phi) is 4.26. The van der Waals surface area contributed by atoms with Gasteiger partial charge in [-0.15, -0.1) is 11.8 Å². The minimum atomic E-state index is -0.224. The Morgan fingerprint density at radius 1 is 1.07 bits per heavy atom. The molecule has 7 heteroatoms. The molecule has 1 N–H and O–H groups in total. The molecule has 5 rings (SSSR count). The van der Waals surface area contributed by atoms with E-state index in [1.54, 1.807) is 18.0 Å². The van der Waals surface area contributed by atoms with Gasteiger partial charge in [0.25, 0.3) is 5.56 Å². The molecule has 0 bridgehead atoms. The third kappa shape index (κ3) is 2.96. The fourth-order valence-electron chi connectivity index (χ4n) is 3.48. The molecule has 0 saturated heterocycles. The molecule has 0 fully saturated rings. The van der Waals surface area contributed by atoms with Crippen LogP contribution in [-0.4, -0.2) is 30.8 Å². The summed E-state index contributed by atoms with van der Waals surface area (Å²) in [5.74, 6) is 0.880. The van der Waals surface area contributed by atoms with E-state index in [2.05, 4.69) is 68.3 Å². The van der Waals surface area contributed by atoms with Crippen LogP contribution in [0.4, 0.5) is 0 Å². The highest BCUT2D eigenvalue weighted by Crippen LogP contribution is 2.43. The summed E-state index contributed by atoms with van der Waals surface area (Å²) in [5.41, 5.74) is 1.72. The summed E-state index contributed by atoms with van der Waals surface area (Å²) in [6.45, 7) is 0. The normalized spacial score (nSPS) is 19.1. The van der Waals surface area contributed by atoms with Gasteiger partial charge in [0.05, 0.1) is 12.2 Å². The van der Waals surface area contributed by atoms with Crippen molar-refractivity contribution in [1.82, 2.24) is 19.7 Å². The zero-order valence-electron chi connectivity index (χ0n) is 14.3. The molecule has 1 aliphatic heterocycles. The van der Waals surface area contributed by atoms with E-state index in [1.165, 1.54) is 10.5 Å². The first-order valence-corrected chi connectivity index (χ1v) is 10.5. The van der Waals surface area contributed by atoms with Gasteiger partial charge in [0.15, 0.2) is 5.16 Å². The van der Waals surface area contributed by atoms with Gasteiger partial charge in [0.1, 0.15) is 11.0 Å². The number of nitrogens with one attached hydrogen (secondary N) is 1. The molecule has 0 radical (unpaired) electrons. The molecule has 0 aliphatic carbocycles. The summed E-state index contributed by atoms with van der Waals surface area (Å²) < 4.78 is 2.15. The molecule has 1 aliphatic rings. The number of aromatic nitrogens is 4. The van der Waals surface area contributed by atoms with Gasteiger partial charge >= 0.3 is 0 Å². The summed E-state index contributed by atoms with van der Waals surface area (Å²) in [5, 5.41) is 8.70. The molecule has 4 aromatic rings. The fourth-order valence-corrected chi connectivity index (χ4v) is 6.01. The summed E-state index contributed by atoms with van der Waals surface area (Å²) in [4.78, 5) is 17.9. The topological polar surface area (TPSA) is 63.6 Å². The summed E-state index contributed by atoms with van der Waals surface area (Å²) in [7, 11) is 0. The second-order valence-electron chi connectivity index (χ2n) is 6.34. The van der Waals surface area contributed by atoms with Crippen molar-refractivity contribution in [1.29, 1.82) is 0 Å². The van der Waals surface area contributed by atoms with E-state index in [0.29, 0.717) is 10.6 Å². The van der Waals surface area contributed by atoms with Crippen LogP contribution in [-0.2, 0) is 0 Å². The van der Waals surface area contributed by atoms with Gasteiger partial charge in [-0.2, -0.15) is 10.1 Å². The SMILES string of the molecule is O=c1nc2n(c3[nH]ncc13)C(c1ccccc1)C(Sc1ccccc1)CS2. The number of H-pyrrole nitrogens is 1. The molecule has 0 spiro atoms. The van der Waals surface area contributed by atoms with E-state index in [4.69, 9.17) is 0 Å². The Labute approximate surface area is 164 Å². The highest BCUT2D eigenvalue weighted by molar-refractivity contribution is 8.03. The summed E-state index contributed by atoms with van der Waals surface area (Å²) in [6, 6.07) is 20.9. The zero-order valence-corrected chi connectivity index (χ0v) is 15.9. The second kappa shape index (κ2) is 6.90. The van der Waals surface area contributed by atoms with Crippen LogP contribution in [0.3, 0.4) is 0 Å². The van der Waals surface area contributed by atoms with E-state index in [1.807, 2.05) is 23.9 Å². The Morgan fingerprint density at radius 2 is 1.81 bits per heavy atom. The van der Waals surface area contributed by atoms with Gasteiger partial charge in [-0.3, -0.25) is 14.5 Å². The number of thioether (sulfide) groups is 2. The predicted octanol–water partition coefficient (Wildman–Crippen LogP) is 3.98. The summed E-state index contributed by atoms with van der Waals surface area (Å²) in [6.07, 6.45) is 1.57. The van der Waals surface area contributed by atoms with Crippen molar-refractivity contribution in [3.05, 3.63) is 82.8 Å². The minimum Gasteiger partial charge on any atom is -0.296 e. The van der Waals surface area contributed by atoms with E-state index in [0.717, 1.165) is 16.6 Å². The number of hydrogen-bond acceptors (Lipinski definition) is 5. The lowest BCUT2D eigenvalue weighted by Crippen LogP contribution is -2.33. The number of nitrogens with zero attached hydrogens (tertiary/aromatic N) is 3. The van der Waals surface area contributed by atoms with Crippen LogP contribution in [0.25, 0.3) is 11.0 Å². The van der Waals surface area contributed by atoms with E-state index >= 15 is 0 Å². The van der Waals surface area contributed by atoms with Gasteiger partial charge in [0, 0.05) is 15.9 Å². The van der Waals surface area contributed by atoms with Crippen molar-refractivity contribution < 1.29 is 0 Å². The quantitative estimate of drug-likeness (QED) is 0.535. The first kappa shape index (κ1) is 16.6. The Balaban J connectivity index is 1.69. The van der Waals surface area contributed by atoms with Crippen LogP contribution >= 0.6 is 23.5 Å². The maximum atomic E-state index is 12.3. The Bertz CT molecular complexity index is 1140. The highest BCUT2D eigenvalue weighted by atomic mass is 32.2. The molecule has 3 heterocycles. The molecule has 2 aromatic heterocycles. The summed E-state index contributed by atoms with van der Waals surface area (Å²) >= 11 is 3.49. The van der Waals surface area contributed by atoms with Gasteiger partial charge in [-0.1, -0.05) is 60.3 Å². The van der Waals surface area contributed by atoms with Crippen LogP contribution in [0.2, 0.25) is 0 Å². The number of rotatable bonds is 3.